The first-order chi connectivity index (χ1) is 9.08. The Balaban J connectivity index is 2.03. The molecule has 2 atom stereocenters. The Morgan fingerprint density at radius 3 is 2.63 bits per heavy atom. The zero-order valence-electron chi connectivity index (χ0n) is 11.8. The number of aliphatic carboxylic acids is 1. The molecule has 1 saturated carbocycles. The van der Waals surface area contributed by atoms with E-state index in [0.717, 1.165) is 0 Å². The van der Waals surface area contributed by atoms with Gasteiger partial charge in [0.15, 0.2) is 0 Å². The highest BCUT2D eigenvalue weighted by Crippen LogP contribution is 2.37. The first-order valence-corrected chi connectivity index (χ1v) is 7.06. The summed E-state index contributed by atoms with van der Waals surface area (Å²) in [6, 6.07) is 9.28. The number of hydrogen-bond donors (Lipinski definition) is 1. The van der Waals surface area contributed by atoms with E-state index in [0.29, 0.717) is 18.5 Å². The van der Waals surface area contributed by atoms with Crippen molar-refractivity contribution in [2.24, 2.45) is 0 Å². The van der Waals surface area contributed by atoms with E-state index in [1.54, 1.807) is 0 Å². The normalized spacial score (nSPS) is 22.9. The molecule has 0 spiro atoms. The van der Waals surface area contributed by atoms with Crippen molar-refractivity contribution in [2.75, 3.05) is 13.6 Å². The van der Waals surface area contributed by atoms with Crippen LogP contribution in [-0.4, -0.2) is 35.6 Å². The summed E-state index contributed by atoms with van der Waals surface area (Å²) in [5, 5.41) is 8.79. The Morgan fingerprint density at radius 1 is 1.32 bits per heavy atom. The summed E-state index contributed by atoms with van der Waals surface area (Å²) in [7, 11) is 2.06. The molecule has 0 aliphatic heterocycles. The number of rotatable bonds is 5. The number of hydrogen-bond acceptors (Lipinski definition) is 2. The van der Waals surface area contributed by atoms with Gasteiger partial charge in [-0.25, -0.2) is 0 Å². The molecule has 0 heterocycles. The fraction of sp³-hybridized carbons (Fsp3) is 0.562. The van der Waals surface area contributed by atoms with E-state index in [1.807, 2.05) is 0 Å². The summed E-state index contributed by atoms with van der Waals surface area (Å²) >= 11 is 0. The third-order valence-electron chi connectivity index (χ3n) is 4.23. The Morgan fingerprint density at radius 2 is 2.00 bits per heavy atom. The molecular formula is C16H23NO2. The second kappa shape index (κ2) is 6.20. The second-order valence-electron chi connectivity index (χ2n) is 5.64. The number of nitrogens with zero attached hydrogens (tertiary/aromatic N) is 1. The second-order valence-corrected chi connectivity index (χ2v) is 5.64. The highest BCUT2D eigenvalue weighted by molar-refractivity contribution is 5.66. The van der Waals surface area contributed by atoms with E-state index in [2.05, 4.69) is 43.1 Å². The van der Waals surface area contributed by atoms with Gasteiger partial charge in [0.05, 0.1) is 6.42 Å². The molecule has 2 unspecified atom stereocenters. The lowest BCUT2D eigenvalue weighted by atomic mass is 9.92. The van der Waals surface area contributed by atoms with Gasteiger partial charge in [-0.1, -0.05) is 36.2 Å². The quantitative estimate of drug-likeness (QED) is 0.885. The van der Waals surface area contributed by atoms with Gasteiger partial charge in [0.25, 0.3) is 0 Å². The highest BCUT2D eigenvalue weighted by Gasteiger charge is 2.31. The third kappa shape index (κ3) is 3.57. The molecule has 3 nitrogen and oxygen atoms in total. The van der Waals surface area contributed by atoms with Crippen molar-refractivity contribution in [1.29, 1.82) is 0 Å². The van der Waals surface area contributed by atoms with Crippen LogP contribution in [0, 0.1) is 6.92 Å². The molecule has 0 aromatic heterocycles. The molecule has 1 fully saturated rings. The molecule has 1 aliphatic rings. The number of carboxylic acids is 1. The van der Waals surface area contributed by atoms with Crippen LogP contribution in [0.5, 0.6) is 0 Å². The minimum atomic E-state index is -0.711. The lowest BCUT2D eigenvalue weighted by molar-refractivity contribution is -0.137. The lowest BCUT2D eigenvalue weighted by Crippen LogP contribution is -2.35. The molecular weight excluding hydrogens is 238 g/mol. The van der Waals surface area contributed by atoms with Gasteiger partial charge in [-0.05, 0) is 38.3 Å². The fourth-order valence-electron chi connectivity index (χ4n) is 3.11. The third-order valence-corrected chi connectivity index (χ3v) is 4.23. The van der Waals surface area contributed by atoms with Crippen LogP contribution in [-0.2, 0) is 4.79 Å². The van der Waals surface area contributed by atoms with Gasteiger partial charge in [-0.2, -0.15) is 0 Å². The lowest BCUT2D eigenvalue weighted by Gasteiger charge is -2.29. The monoisotopic (exact) mass is 261 g/mol. The van der Waals surface area contributed by atoms with E-state index in [4.69, 9.17) is 5.11 Å². The maximum absolute atomic E-state index is 10.7. The first kappa shape index (κ1) is 14.1. The van der Waals surface area contributed by atoms with Crippen LogP contribution in [0.15, 0.2) is 24.3 Å². The van der Waals surface area contributed by atoms with Gasteiger partial charge in [0.2, 0.25) is 0 Å². The summed E-state index contributed by atoms with van der Waals surface area (Å²) < 4.78 is 0. The van der Waals surface area contributed by atoms with Crippen molar-refractivity contribution in [1.82, 2.24) is 4.90 Å². The molecule has 19 heavy (non-hydrogen) atoms. The molecule has 1 N–H and O–H groups in total. The molecule has 2 rings (SSSR count). The molecule has 3 heteroatoms. The standard InChI is InChI=1S/C16H23NO2/c1-12-6-8-13(9-7-12)14-4-3-5-15(14)17(2)11-10-16(18)19/h6-9,14-15H,3-5,10-11H2,1-2H3,(H,18,19). The van der Waals surface area contributed by atoms with E-state index in [1.165, 1.54) is 30.4 Å². The summed E-state index contributed by atoms with van der Waals surface area (Å²) in [5.74, 6) is -0.156. The van der Waals surface area contributed by atoms with Crippen LogP contribution >= 0.6 is 0 Å². The largest absolute Gasteiger partial charge is 0.481 e. The van der Waals surface area contributed by atoms with Crippen LogP contribution in [0.2, 0.25) is 0 Å². The van der Waals surface area contributed by atoms with Gasteiger partial charge in [0, 0.05) is 12.6 Å². The van der Waals surface area contributed by atoms with Crippen molar-refractivity contribution in [3.8, 4) is 0 Å². The summed E-state index contributed by atoms with van der Waals surface area (Å²) in [6.45, 7) is 2.75. The fourth-order valence-corrected chi connectivity index (χ4v) is 3.11. The number of likely N-dealkylation sites (N-methyl/N-ethyl adjacent to an activating group) is 1. The van der Waals surface area contributed by atoms with E-state index in [-0.39, 0.29) is 6.42 Å². The van der Waals surface area contributed by atoms with Gasteiger partial charge >= 0.3 is 5.97 Å². The molecule has 0 saturated heterocycles. The maximum Gasteiger partial charge on any atom is 0.304 e. The van der Waals surface area contributed by atoms with Gasteiger partial charge in [0.1, 0.15) is 0 Å². The topological polar surface area (TPSA) is 40.5 Å². The van der Waals surface area contributed by atoms with Gasteiger partial charge in [-0.3, -0.25) is 4.79 Å². The van der Waals surface area contributed by atoms with Crippen LogP contribution in [0.4, 0.5) is 0 Å². The predicted octanol–water partition coefficient (Wildman–Crippen LogP) is 3.04. The maximum atomic E-state index is 10.7. The van der Waals surface area contributed by atoms with Crippen LogP contribution < -0.4 is 0 Å². The Labute approximate surface area is 115 Å². The van der Waals surface area contributed by atoms with Gasteiger partial charge in [-0.15, -0.1) is 0 Å². The van der Waals surface area contributed by atoms with Crippen molar-refractivity contribution in [2.45, 2.75) is 44.6 Å². The van der Waals surface area contributed by atoms with Crippen LogP contribution in [0.25, 0.3) is 0 Å². The molecule has 1 aromatic carbocycles. The van der Waals surface area contributed by atoms with Crippen molar-refractivity contribution in [3.05, 3.63) is 35.4 Å². The van der Waals surface area contributed by atoms with Gasteiger partial charge < -0.3 is 10.0 Å². The first-order valence-electron chi connectivity index (χ1n) is 7.06. The van der Waals surface area contributed by atoms with E-state index in [9.17, 15) is 4.79 Å². The average molecular weight is 261 g/mol. The Hall–Kier alpha value is -1.35. The minimum absolute atomic E-state index is 0.230. The number of carbonyl (C=O) groups is 1. The summed E-state index contributed by atoms with van der Waals surface area (Å²) in [4.78, 5) is 12.9. The Bertz CT molecular complexity index is 427. The molecule has 0 radical (unpaired) electrons. The van der Waals surface area contributed by atoms with Crippen molar-refractivity contribution >= 4 is 5.97 Å². The molecule has 1 aromatic rings. The minimum Gasteiger partial charge on any atom is -0.481 e. The average Bonchev–Trinajstić information content (AvgIpc) is 2.86. The van der Waals surface area contributed by atoms with Crippen LogP contribution in [0.3, 0.4) is 0 Å². The molecule has 1 aliphatic carbocycles. The zero-order valence-corrected chi connectivity index (χ0v) is 11.8. The van der Waals surface area contributed by atoms with Crippen molar-refractivity contribution in [3.63, 3.8) is 0 Å². The molecule has 104 valence electrons. The van der Waals surface area contributed by atoms with E-state index >= 15 is 0 Å². The number of carboxylic acid groups (broad SMARTS) is 1. The SMILES string of the molecule is Cc1ccc(C2CCCC2N(C)CCC(=O)O)cc1. The molecule has 0 bridgehead atoms. The van der Waals surface area contributed by atoms with Crippen molar-refractivity contribution < 1.29 is 9.90 Å². The Kier molecular flexibility index (Phi) is 4.59. The smallest absolute Gasteiger partial charge is 0.304 e. The number of benzene rings is 1. The number of aryl methyl sites for hydroxylation is 1. The highest BCUT2D eigenvalue weighted by atomic mass is 16.4. The molecule has 0 amide bonds. The summed E-state index contributed by atoms with van der Waals surface area (Å²) in [5.41, 5.74) is 2.69. The van der Waals surface area contributed by atoms with E-state index < -0.39 is 5.97 Å². The predicted molar refractivity (Wildman–Crippen MR) is 76.4 cm³/mol. The summed E-state index contributed by atoms with van der Waals surface area (Å²) in [6.07, 6.45) is 3.86. The zero-order chi connectivity index (χ0) is 13.8. The van der Waals surface area contributed by atoms with Crippen LogP contribution in [0.1, 0.15) is 42.7 Å².